The lowest BCUT2D eigenvalue weighted by Gasteiger charge is -2.33. The van der Waals surface area contributed by atoms with Gasteiger partial charge in [-0.1, -0.05) is 5.16 Å². The number of likely N-dealkylation sites (tertiary alicyclic amines) is 1. The van der Waals surface area contributed by atoms with E-state index in [-0.39, 0.29) is 23.8 Å². The molecule has 0 aliphatic carbocycles. The minimum atomic E-state index is -0.0952. The van der Waals surface area contributed by atoms with E-state index >= 15 is 0 Å². The van der Waals surface area contributed by atoms with E-state index < -0.39 is 0 Å². The summed E-state index contributed by atoms with van der Waals surface area (Å²) in [7, 11) is 0. The van der Waals surface area contributed by atoms with E-state index in [1.165, 1.54) is 0 Å². The Morgan fingerprint density at radius 1 is 1.24 bits per heavy atom. The van der Waals surface area contributed by atoms with Crippen molar-refractivity contribution < 1.29 is 18.8 Å². The standard InChI is InChI=1S/C20H27N5O4/c1-13-17(14(2)29-23-13)11-19(26)24-8-4-16(5-9-24)25-18(3-7-21-25)22-20(27)15-6-10-28-12-15/h3,7,15-16H,4-6,8-12H2,1-2H3,(H,22,27). The van der Waals surface area contributed by atoms with Gasteiger partial charge in [-0.3, -0.25) is 9.59 Å². The molecule has 2 amide bonds. The smallest absolute Gasteiger partial charge is 0.231 e. The van der Waals surface area contributed by atoms with Crippen molar-refractivity contribution in [3.05, 3.63) is 29.3 Å². The Morgan fingerprint density at radius 2 is 2.03 bits per heavy atom. The van der Waals surface area contributed by atoms with Crippen LogP contribution in [0.3, 0.4) is 0 Å². The van der Waals surface area contributed by atoms with Crippen LogP contribution in [0, 0.1) is 19.8 Å². The zero-order valence-electron chi connectivity index (χ0n) is 16.9. The van der Waals surface area contributed by atoms with Gasteiger partial charge in [0.1, 0.15) is 11.6 Å². The maximum absolute atomic E-state index is 12.7. The average molecular weight is 401 g/mol. The summed E-state index contributed by atoms with van der Waals surface area (Å²) in [6.45, 7) is 6.13. The van der Waals surface area contributed by atoms with Crippen molar-refractivity contribution in [1.29, 1.82) is 0 Å². The molecule has 0 aromatic carbocycles. The highest BCUT2D eigenvalue weighted by atomic mass is 16.5. The van der Waals surface area contributed by atoms with Crippen LogP contribution in [0.15, 0.2) is 16.8 Å². The quantitative estimate of drug-likeness (QED) is 0.821. The Labute approximate surface area is 169 Å². The lowest BCUT2D eigenvalue weighted by atomic mass is 10.0. The van der Waals surface area contributed by atoms with Gasteiger partial charge in [-0.2, -0.15) is 5.10 Å². The van der Waals surface area contributed by atoms with Crippen LogP contribution in [0.25, 0.3) is 0 Å². The van der Waals surface area contributed by atoms with Crippen molar-refractivity contribution in [1.82, 2.24) is 19.8 Å². The van der Waals surface area contributed by atoms with Gasteiger partial charge in [0.2, 0.25) is 11.8 Å². The fraction of sp³-hybridized carbons (Fsp3) is 0.600. The van der Waals surface area contributed by atoms with Gasteiger partial charge in [0.05, 0.1) is 36.9 Å². The van der Waals surface area contributed by atoms with E-state index in [2.05, 4.69) is 15.6 Å². The first kappa shape index (κ1) is 19.6. The van der Waals surface area contributed by atoms with Gasteiger partial charge >= 0.3 is 0 Å². The van der Waals surface area contributed by atoms with E-state index in [4.69, 9.17) is 9.26 Å². The lowest BCUT2D eigenvalue weighted by molar-refractivity contribution is -0.131. The van der Waals surface area contributed by atoms with E-state index in [1.807, 2.05) is 29.5 Å². The third-order valence-corrected chi connectivity index (χ3v) is 5.89. The van der Waals surface area contributed by atoms with Gasteiger partial charge in [-0.25, -0.2) is 4.68 Å². The normalized spacial score (nSPS) is 20.2. The molecule has 156 valence electrons. The summed E-state index contributed by atoms with van der Waals surface area (Å²) in [5.41, 5.74) is 1.65. The van der Waals surface area contributed by atoms with Crippen molar-refractivity contribution in [2.45, 2.75) is 45.6 Å². The monoisotopic (exact) mass is 401 g/mol. The number of nitrogens with zero attached hydrogens (tertiary/aromatic N) is 4. The fourth-order valence-electron chi connectivity index (χ4n) is 4.05. The number of hydrogen-bond acceptors (Lipinski definition) is 6. The number of nitrogens with one attached hydrogen (secondary N) is 1. The molecule has 2 saturated heterocycles. The van der Waals surface area contributed by atoms with Crippen LogP contribution in [0.5, 0.6) is 0 Å². The Morgan fingerprint density at radius 3 is 2.69 bits per heavy atom. The summed E-state index contributed by atoms with van der Waals surface area (Å²) in [5, 5.41) is 11.3. The zero-order chi connectivity index (χ0) is 20.4. The minimum absolute atomic E-state index is 0.0173. The Hall–Kier alpha value is -2.68. The molecule has 2 aliphatic rings. The van der Waals surface area contributed by atoms with Crippen molar-refractivity contribution in [3.63, 3.8) is 0 Å². The number of aromatic nitrogens is 3. The molecule has 4 heterocycles. The number of carbonyl (C=O) groups excluding carboxylic acids is 2. The summed E-state index contributed by atoms with van der Waals surface area (Å²) in [4.78, 5) is 27.0. The first-order valence-corrected chi connectivity index (χ1v) is 10.1. The lowest BCUT2D eigenvalue weighted by Crippen LogP contribution is -2.40. The Bertz CT molecular complexity index is 856. The fourth-order valence-corrected chi connectivity index (χ4v) is 4.05. The second-order valence-corrected chi connectivity index (χ2v) is 7.80. The molecule has 1 N–H and O–H groups in total. The molecule has 1 atom stereocenters. The van der Waals surface area contributed by atoms with E-state index in [1.54, 1.807) is 6.20 Å². The number of rotatable bonds is 5. The molecule has 9 heteroatoms. The van der Waals surface area contributed by atoms with Gasteiger partial charge in [0.15, 0.2) is 0 Å². The maximum atomic E-state index is 12.7. The van der Waals surface area contributed by atoms with Crippen LogP contribution in [0.2, 0.25) is 0 Å². The molecule has 2 aromatic heterocycles. The zero-order valence-corrected chi connectivity index (χ0v) is 16.9. The Balaban J connectivity index is 1.33. The first-order valence-electron chi connectivity index (χ1n) is 10.1. The van der Waals surface area contributed by atoms with Crippen LogP contribution in [-0.2, 0) is 20.7 Å². The van der Waals surface area contributed by atoms with Crippen LogP contribution in [0.4, 0.5) is 5.82 Å². The summed E-state index contributed by atoms with van der Waals surface area (Å²) >= 11 is 0. The van der Waals surface area contributed by atoms with Crippen LogP contribution in [0.1, 0.15) is 42.3 Å². The molecule has 2 aliphatic heterocycles. The highest BCUT2D eigenvalue weighted by Crippen LogP contribution is 2.27. The predicted octanol–water partition coefficient (Wildman–Crippen LogP) is 1.87. The SMILES string of the molecule is Cc1noc(C)c1CC(=O)N1CCC(n2nccc2NC(=O)C2CCOC2)CC1. The minimum Gasteiger partial charge on any atom is -0.381 e. The van der Waals surface area contributed by atoms with Gasteiger partial charge in [-0.05, 0) is 33.1 Å². The molecular weight excluding hydrogens is 374 g/mol. The van der Waals surface area contributed by atoms with E-state index in [9.17, 15) is 9.59 Å². The molecule has 0 bridgehead atoms. The molecular formula is C20H27N5O4. The number of ether oxygens (including phenoxy) is 1. The third kappa shape index (κ3) is 4.19. The summed E-state index contributed by atoms with van der Waals surface area (Å²) in [6.07, 6.45) is 4.37. The molecule has 0 spiro atoms. The molecule has 4 rings (SSSR count). The highest BCUT2D eigenvalue weighted by molar-refractivity contribution is 5.92. The van der Waals surface area contributed by atoms with Crippen molar-refractivity contribution in [2.75, 3.05) is 31.6 Å². The van der Waals surface area contributed by atoms with Crippen LogP contribution in [-0.4, -0.2) is 58.0 Å². The number of piperidine rings is 1. The van der Waals surface area contributed by atoms with Gasteiger partial charge < -0.3 is 19.5 Å². The average Bonchev–Trinajstić information content (AvgIpc) is 3.47. The summed E-state index contributed by atoms with van der Waals surface area (Å²) in [6, 6.07) is 1.98. The van der Waals surface area contributed by atoms with E-state index in [0.717, 1.165) is 30.5 Å². The Kier molecular flexibility index (Phi) is 5.66. The molecule has 29 heavy (non-hydrogen) atoms. The van der Waals surface area contributed by atoms with Gasteiger partial charge in [0, 0.05) is 31.3 Å². The van der Waals surface area contributed by atoms with Crippen LogP contribution >= 0.6 is 0 Å². The van der Waals surface area contributed by atoms with Gasteiger partial charge in [0.25, 0.3) is 0 Å². The number of hydrogen-bond donors (Lipinski definition) is 1. The third-order valence-electron chi connectivity index (χ3n) is 5.89. The number of amides is 2. The predicted molar refractivity (Wildman–Crippen MR) is 104 cm³/mol. The number of carbonyl (C=O) groups is 2. The molecule has 9 nitrogen and oxygen atoms in total. The molecule has 0 radical (unpaired) electrons. The van der Waals surface area contributed by atoms with E-state index in [0.29, 0.717) is 44.3 Å². The van der Waals surface area contributed by atoms with Crippen molar-refractivity contribution in [3.8, 4) is 0 Å². The maximum Gasteiger partial charge on any atom is 0.231 e. The van der Waals surface area contributed by atoms with Crippen molar-refractivity contribution >= 4 is 17.6 Å². The number of aryl methyl sites for hydroxylation is 2. The molecule has 0 saturated carbocycles. The number of anilines is 1. The highest BCUT2D eigenvalue weighted by Gasteiger charge is 2.28. The topological polar surface area (TPSA) is 102 Å². The van der Waals surface area contributed by atoms with Crippen molar-refractivity contribution in [2.24, 2.45) is 5.92 Å². The molecule has 1 unspecified atom stereocenters. The second kappa shape index (κ2) is 8.36. The first-order chi connectivity index (χ1) is 14.0. The summed E-state index contributed by atoms with van der Waals surface area (Å²) in [5.74, 6) is 1.39. The van der Waals surface area contributed by atoms with Crippen LogP contribution < -0.4 is 5.32 Å². The van der Waals surface area contributed by atoms with Gasteiger partial charge in [-0.15, -0.1) is 0 Å². The molecule has 2 aromatic rings. The summed E-state index contributed by atoms with van der Waals surface area (Å²) < 4.78 is 12.3. The largest absolute Gasteiger partial charge is 0.381 e. The second-order valence-electron chi connectivity index (χ2n) is 7.80. The molecule has 2 fully saturated rings.